The minimum absolute atomic E-state index is 0.442. The van der Waals surface area contributed by atoms with Gasteiger partial charge in [0.1, 0.15) is 0 Å². The molecular weight excluding hydrogens is 234 g/mol. The van der Waals surface area contributed by atoms with Crippen LogP contribution in [0.2, 0.25) is 5.02 Å². The fourth-order valence-corrected chi connectivity index (χ4v) is 1.94. The number of hydrogen-bond acceptors (Lipinski definition) is 3. The SMILES string of the molecule is CCCCN(c1ncc(Cl)cc1N)C(C)CC. The molecule has 0 aromatic carbocycles. The Balaban J connectivity index is 2.95. The van der Waals surface area contributed by atoms with Gasteiger partial charge in [-0.15, -0.1) is 0 Å². The number of aromatic nitrogens is 1. The fraction of sp³-hybridized carbons (Fsp3) is 0.615. The van der Waals surface area contributed by atoms with Crippen molar-refractivity contribution in [1.82, 2.24) is 4.98 Å². The number of nitrogens with two attached hydrogens (primary N) is 1. The molecule has 0 saturated heterocycles. The first-order valence-electron chi connectivity index (χ1n) is 6.27. The van der Waals surface area contributed by atoms with Gasteiger partial charge in [-0.05, 0) is 25.8 Å². The van der Waals surface area contributed by atoms with Gasteiger partial charge < -0.3 is 10.6 Å². The summed E-state index contributed by atoms with van der Waals surface area (Å²) in [5.74, 6) is 0.859. The second-order valence-electron chi connectivity index (χ2n) is 4.37. The van der Waals surface area contributed by atoms with Gasteiger partial charge in [0.2, 0.25) is 0 Å². The van der Waals surface area contributed by atoms with Crippen molar-refractivity contribution in [2.45, 2.75) is 46.1 Å². The summed E-state index contributed by atoms with van der Waals surface area (Å²) >= 11 is 5.88. The average molecular weight is 256 g/mol. The van der Waals surface area contributed by atoms with Gasteiger partial charge >= 0.3 is 0 Å². The minimum Gasteiger partial charge on any atom is -0.396 e. The third-order valence-corrected chi connectivity index (χ3v) is 3.22. The van der Waals surface area contributed by atoms with E-state index in [1.165, 1.54) is 6.42 Å². The van der Waals surface area contributed by atoms with Crippen LogP contribution in [-0.2, 0) is 0 Å². The Labute approximate surface area is 109 Å². The van der Waals surface area contributed by atoms with E-state index in [1.807, 2.05) is 0 Å². The van der Waals surface area contributed by atoms with Gasteiger partial charge in [-0.2, -0.15) is 0 Å². The standard InChI is InChI=1S/C13H22ClN3/c1-4-6-7-17(10(3)5-2)13-12(15)8-11(14)9-16-13/h8-10H,4-7,15H2,1-3H3. The summed E-state index contributed by atoms with van der Waals surface area (Å²) in [6.45, 7) is 7.55. The first-order valence-corrected chi connectivity index (χ1v) is 6.65. The van der Waals surface area contributed by atoms with E-state index in [0.29, 0.717) is 16.8 Å². The largest absolute Gasteiger partial charge is 0.396 e. The summed E-state index contributed by atoms with van der Waals surface area (Å²) in [6, 6.07) is 2.21. The molecule has 4 heteroatoms. The maximum Gasteiger partial charge on any atom is 0.152 e. The van der Waals surface area contributed by atoms with E-state index in [0.717, 1.165) is 25.2 Å². The molecule has 3 nitrogen and oxygen atoms in total. The molecule has 1 heterocycles. The molecule has 0 bridgehead atoms. The van der Waals surface area contributed by atoms with E-state index in [9.17, 15) is 0 Å². The van der Waals surface area contributed by atoms with Gasteiger partial charge in [-0.1, -0.05) is 31.9 Å². The fourth-order valence-electron chi connectivity index (χ4n) is 1.77. The smallest absolute Gasteiger partial charge is 0.152 e. The number of nitrogen functional groups attached to an aromatic ring is 1. The van der Waals surface area contributed by atoms with Crippen molar-refractivity contribution in [2.24, 2.45) is 0 Å². The molecular formula is C13H22ClN3. The Morgan fingerprint density at radius 3 is 2.71 bits per heavy atom. The molecule has 1 rings (SSSR count). The topological polar surface area (TPSA) is 42.2 Å². The molecule has 0 aliphatic heterocycles. The number of rotatable bonds is 6. The molecule has 0 amide bonds. The number of unbranched alkanes of at least 4 members (excludes halogenated alkanes) is 1. The second-order valence-corrected chi connectivity index (χ2v) is 4.81. The van der Waals surface area contributed by atoms with Crippen LogP contribution in [0.5, 0.6) is 0 Å². The Morgan fingerprint density at radius 1 is 1.47 bits per heavy atom. The zero-order chi connectivity index (χ0) is 12.8. The number of nitrogens with zero attached hydrogens (tertiary/aromatic N) is 2. The third kappa shape index (κ3) is 3.77. The molecule has 1 aromatic heterocycles. The molecule has 0 radical (unpaired) electrons. The Hall–Kier alpha value is -0.960. The van der Waals surface area contributed by atoms with Crippen LogP contribution in [0.4, 0.5) is 11.5 Å². The van der Waals surface area contributed by atoms with E-state index >= 15 is 0 Å². The summed E-state index contributed by atoms with van der Waals surface area (Å²) < 4.78 is 0. The lowest BCUT2D eigenvalue weighted by Gasteiger charge is -2.30. The van der Waals surface area contributed by atoms with Crippen LogP contribution in [0.15, 0.2) is 12.3 Å². The van der Waals surface area contributed by atoms with Gasteiger partial charge in [0.25, 0.3) is 0 Å². The highest BCUT2D eigenvalue weighted by molar-refractivity contribution is 6.30. The number of pyridine rings is 1. The lowest BCUT2D eigenvalue weighted by molar-refractivity contribution is 0.590. The molecule has 0 spiro atoms. The van der Waals surface area contributed by atoms with E-state index < -0.39 is 0 Å². The predicted molar refractivity (Wildman–Crippen MR) is 75.7 cm³/mol. The monoisotopic (exact) mass is 255 g/mol. The lowest BCUT2D eigenvalue weighted by atomic mass is 10.2. The average Bonchev–Trinajstić information content (AvgIpc) is 2.31. The van der Waals surface area contributed by atoms with Gasteiger partial charge in [0.05, 0.1) is 10.7 Å². The highest BCUT2D eigenvalue weighted by atomic mass is 35.5. The maximum absolute atomic E-state index is 6.00. The van der Waals surface area contributed by atoms with Crippen molar-refractivity contribution in [1.29, 1.82) is 0 Å². The normalized spacial score (nSPS) is 12.5. The van der Waals surface area contributed by atoms with Crippen LogP contribution < -0.4 is 10.6 Å². The molecule has 17 heavy (non-hydrogen) atoms. The van der Waals surface area contributed by atoms with Crippen molar-refractivity contribution in [2.75, 3.05) is 17.2 Å². The number of hydrogen-bond donors (Lipinski definition) is 1. The van der Waals surface area contributed by atoms with Crippen molar-refractivity contribution >= 4 is 23.1 Å². The van der Waals surface area contributed by atoms with Crippen LogP contribution in [-0.4, -0.2) is 17.6 Å². The zero-order valence-electron chi connectivity index (χ0n) is 10.9. The summed E-state index contributed by atoms with van der Waals surface area (Å²) in [4.78, 5) is 6.64. The minimum atomic E-state index is 0.442. The van der Waals surface area contributed by atoms with E-state index in [4.69, 9.17) is 17.3 Å². The van der Waals surface area contributed by atoms with E-state index in [-0.39, 0.29) is 0 Å². The Kier molecular flexibility index (Phi) is 5.56. The molecule has 2 N–H and O–H groups in total. The first kappa shape index (κ1) is 14.1. The van der Waals surface area contributed by atoms with Gasteiger partial charge in [-0.25, -0.2) is 4.98 Å². The van der Waals surface area contributed by atoms with E-state index in [2.05, 4.69) is 30.7 Å². The summed E-state index contributed by atoms with van der Waals surface area (Å²) in [6.07, 6.45) is 5.05. The van der Waals surface area contributed by atoms with Crippen molar-refractivity contribution in [3.63, 3.8) is 0 Å². The second kappa shape index (κ2) is 6.70. The van der Waals surface area contributed by atoms with Crippen LogP contribution in [0.1, 0.15) is 40.0 Å². The highest BCUT2D eigenvalue weighted by Gasteiger charge is 2.16. The molecule has 0 saturated carbocycles. The van der Waals surface area contributed by atoms with Crippen molar-refractivity contribution in [3.05, 3.63) is 17.3 Å². The molecule has 0 aliphatic carbocycles. The highest BCUT2D eigenvalue weighted by Crippen LogP contribution is 2.26. The predicted octanol–water partition coefficient (Wildman–Crippen LogP) is 3.72. The molecule has 96 valence electrons. The third-order valence-electron chi connectivity index (χ3n) is 3.01. The lowest BCUT2D eigenvalue weighted by Crippen LogP contribution is -2.34. The quantitative estimate of drug-likeness (QED) is 0.842. The van der Waals surface area contributed by atoms with Crippen LogP contribution in [0.25, 0.3) is 0 Å². The first-order chi connectivity index (χ1) is 8.10. The number of halogens is 1. The molecule has 1 atom stereocenters. The number of anilines is 2. The summed E-state index contributed by atoms with van der Waals surface area (Å²) in [7, 11) is 0. The maximum atomic E-state index is 6.00. The van der Waals surface area contributed by atoms with Crippen LogP contribution in [0.3, 0.4) is 0 Å². The van der Waals surface area contributed by atoms with Crippen LogP contribution >= 0.6 is 11.6 Å². The van der Waals surface area contributed by atoms with Crippen molar-refractivity contribution < 1.29 is 0 Å². The van der Waals surface area contributed by atoms with Gasteiger partial charge in [-0.3, -0.25) is 0 Å². The van der Waals surface area contributed by atoms with Crippen LogP contribution in [0, 0.1) is 0 Å². The molecule has 0 fully saturated rings. The summed E-state index contributed by atoms with van der Waals surface area (Å²) in [5, 5.41) is 0.589. The van der Waals surface area contributed by atoms with Gasteiger partial charge in [0, 0.05) is 18.8 Å². The molecule has 1 unspecified atom stereocenters. The summed E-state index contributed by atoms with van der Waals surface area (Å²) in [5.41, 5.74) is 6.66. The van der Waals surface area contributed by atoms with Crippen molar-refractivity contribution in [3.8, 4) is 0 Å². The molecule has 0 aliphatic rings. The molecule has 1 aromatic rings. The van der Waals surface area contributed by atoms with E-state index in [1.54, 1.807) is 12.3 Å². The Bertz CT molecular complexity index is 355. The van der Waals surface area contributed by atoms with Gasteiger partial charge in [0.15, 0.2) is 5.82 Å². The Morgan fingerprint density at radius 2 is 2.18 bits per heavy atom. The zero-order valence-corrected chi connectivity index (χ0v) is 11.7.